The van der Waals surface area contributed by atoms with Gasteiger partial charge in [-0.05, 0) is 6.42 Å². The Hall–Kier alpha value is -0.770. The average Bonchev–Trinajstić information content (AvgIpc) is 2.48. The summed E-state index contributed by atoms with van der Waals surface area (Å²) in [6.07, 6.45) is 11.3. The number of hydrogen-bond donors (Lipinski definition) is 0. The van der Waals surface area contributed by atoms with E-state index in [-0.39, 0.29) is 5.41 Å². The minimum absolute atomic E-state index is 0.187. The van der Waals surface area contributed by atoms with E-state index in [2.05, 4.69) is 6.92 Å². The fraction of sp³-hybridized carbons (Fsp3) is 0.941. The topological polar surface area (TPSA) is 44.8 Å². The Morgan fingerprint density at radius 1 is 0.952 bits per heavy atom. The maximum absolute atomic E-state index is 10.8. The zero-order valence-electron chi connectivity index (χ0n) is 13.8. The quantitative estimate of drug-likeness (QED) is 0.387. The van der Waals surface area contributed by atoms with Gasteiger partial charge in [0.15, 0.2) is 0 Å². The highest BCUT2D eigenvalue weighted by Crippen LogP contribution is 2.22. The Labute approximate surface area is 129 Å². The first kappa shape index (κ1) is 18.3. The van der Waals surface area contributed by atoms with Gasteiger partial charge in [-0.25, -0.2) is 4.79 Å². The lowest BCUT2D eigenvalue weighted by Gasteiger charge is -2.31. The second-order valence-corrected chi connectivity index (χ2v) is 6.52. The van der Waals surface area contributed by atoms with E-state index in [0.717, 1.165) is 13.0 Å². The van der Waals surface area contributed by atoms with Crippen molar-refractivity contribution < 1.29 is 19.0 Å². The van der Waals surface area contributed by atoms with Gasteiger partial charge < -0.3 is 14.2 Å². The lowest BCUT2D eigenvalue weighted by molar-refractivity contribution is -0.0852. The summed E-state index contributed by atoms with van der Waals surface area (Å²) >= 11 is 0. The molecule has 0 saturated carbocycles. The van der Waals surface area contributed by atoms with Crippen molar-refractivity contribution in [3.63, 3.8) is 0 Å². The summed E-state index contributed by atoms with van der Waals surface area (Å²) in [6.45, 7) is 6.45. The number of carbonyl (C=O) groups is 1. The molecule has 0 atom stereocenters. The first-order valence-corrected chi connectivity index (χ1v) is 8.53. The molecule has 0 unspecified atom stereocenters. The van der Waals surface area contributed by atoms with Gasteiger partial charge in [0.2, 0.25) is 0 Å². The second kappa shape index (κ2) is 10.9. The van der Waals surface area contributed by atoms with Crippen LogP contribution in [0.25, 0.3) is 0 Å². The molecule has 0 aromatic carbocycles. The first-order valence-electron chi connectivity index (χ1n) is 8.53. The first-order chi connectivity index (χ1) is 10.2. The van der Waals surface area contributed by atoms with Gasteiger partial charge in [-0.2, -0.15) is 0 Å². The molecule has 0 aromatic rings. The zero-order valence-corrected chi connectivity index (χ0v) is 13.8. The van der Waals surface area contributed by atoms with Crippen molar-refractivity contribution in [3.8, 4) is 0 Å². The number of hydrogen-bond acceptors (Lipinski definition) is 4. The number of cyclic esters (lactones) is 2. The van der Waals surface area contributed by atoms with Crippen LogP contribution in [0.3, 0.4) is 0 Å². The normalized spacial score (nSPS) is 17.3. The van der Waals surface area contributed by atoms with Crippen molar-refractivity contribution in [3.05, 3.63) is 0 Å². The molecule has 1 aliphatic heterocycles. The summed E-state index contributed by atoms with van der Waals surface area (Å²) in [6, 6.07) is 0. The lowest BCUT2D eigenvalue weighted by Crippen LogP contribution is -2.40. The predicted octanol–water partition coefficient (Wildman–Crippen LogP) is 4.71. The third-order valence-corrected chi connectivity index (χ3v) is 3.92. The Morgan fingerprint density at radius 2 is 1.48 bits per heavy atom. The molecule has 0 aromatic heterocycles. The second-order valence-electron chi connectivity index (χ2n) is 6.52. The zero-order chi connectivity index (χ0) is 15.4. The molecule has 0 spiro atoms. The van der Waals surface area contributed by atoms with Crippen molar-refractivity contribution in [1.29, 1.82) is 0 Å². The van der Waals surface area contributed by atoms with Gasteiger partial charge >= 0.3 is 6.16 Å². The molecular formula is C17H32O4. The van der Waals surface area contributed by atoms with E-state index in [1.165, 1.54) is 51.4 Å². The van der Waals surface area contributed by atoms with E-state index in [1.807, 2.05) is 6.92 Å². The van der Waals surface area contributed by atoms with Crippen LogP contribution in [0, 0.1) is 5.41 Å². The molecule has 0 bridgehead atoms. The minimum Gasteiger partial charge on any atom is -0.433 e. The Kier molecular flexibility index (Phi) is 9.48. The third-order valence-electron chi connectivity index (χ3n) is 3.92. The summed E-state index contributed by atoms with van der Waals surface area (Å²) in [7, 11) is 0. The fourth-order valence-electron chi connectivity index (χ4n) is 2.47. The predicted molar refractivity (Wildman–Crippen MR) is 83.5 cm³/mol. The summed E-state index contributed by atoms with van der Waals surface area (Å²) in [5.74, 6) is 0. The van der Waals surface area contributed by atoms with E-state index >= 15 is 0 Å². The summed E-state index contributed by atoms with van der Waals surface area (Å²) in [5, 5.41) is 0. The molecule has 124 valence electrons. The highest BCUT2D eigenvalue weighted by atomic mass is 16.7. The number of ether oxygens (including phenoxy) is 3. The molecule has 1 fully saturated rings. The molecule has 1 aliphatic rings. The van der Waals surface area contributed by atoms with Gasteiger partial charge in [-0.3, -0.25) is 0 Å². The van der Waals surface area contributed by atoms with E-state index in [9.17, 15) is 4.79 Å². The Bertz CT molecular complexity index is 268. The van der Waals surface area contributed by atoms with Crippen molar-refractivity contribution in [1.82, 2.24) is 0 Å². The van der Waals surface area contributed by atoms with E-state index in [1.54, 1.807) is 0 Å². The van der Waals surface area contributed by atoms with E-state index in [0.29, 0.717) is 19.8 Å². The fourth-order valence-corrected chi connectivity index (χ4v) is 2.47. The minimum atomic E-state index is -0.564. The molecule has 0 amide bonds. The average molecular weight is 300 g/mol. The van der Waals surface area contributed by atoms with Crippen molar-refractivity contribution in [2.45, 2.75) is 71.6 Å². The summed E-state index contributed by atoms with van der Waals surface area (Å²) in [4.78, 5) is 10.8. The smallest absolute Gasteiger partial charge is 0.433 e. The molecule has 1 heterocycles. The molecule has 0 aliphatic carbocycles. The van der Waals surface area contributed by atoms with Gasteiger partial charge in [0.25, 0.3) is 0 Å². The van der Waals surface area contributed by atoms with Crippen LogP contribution in [0.15, 0.2) is 0 Å². The van der Waals surface area contributed by atoms with Crippen LogP contribution in [-0.2, 0) is 14.2 Å². The molecule has 0 N–H and O–H groups in total. The number of rotatable bonds is 12. The van der Waals surface area contributed by atoms with Crippen LogP contribution < -0.4 is 0 Å². The third kappa shape index (κ3) is 8.97. The number of carbonyl (C=O) groups excluding carboxylic acids is 1. The lowest BCUT2D eigenvalue weighted by atomic mass is 9.94. The summed E-state index contributed by atoms with van der Waals surface area (Å²) < 4.78 is 15.5. The van der Waals surface area contributed by atoms with Crippen molar-refractivity contribution >= 4 is 6.16 Å². The van der Waals surface area contributed by atoms with Crippen molar-refractivity contribution in [2.75, 3.05) is 26.4 Å². The van der Waals surface area contributed by atoms with Gasteiger partial charge in [0.05, 0.1) is 12.0 Å². The SMILES string of the molecule is CCCCCCCCCCCOCC1(C)COC(=O)OC1. The van der Waals surface area contributed by atoms with E-state index < -0.39 is 6.16 Å². The maximum atomic E-state index is 10.8. The number of unbranched alkanes of at least 4 members (excludes halogenated alkanes) is 8. The highest BCUT2D eigenvalue weighted by Gasteiger charge is 2.33. The van der Waals surface area contributed by atoms with Gasteiger partial charge in [0.1, 0.15) is 13.2 Å². The molecule has 4 nitrogen and oxygen atoms in total. The van der Waals surface area contributed by atoms with Gasteiger partial charge in [0, 0.05) is 6.61 Å². The highest BCUT2D eigenvalue weighted by molar-refractivity contribution is 5.60. The van der Waals surface area contributed by atoms with Crippen molar-refractivity contribution in [2.24, 2.45) is 5.41 Å². The molecule has 4 heteroatoms. The Morgan fingerprint density at radius 3 is 2.05 bits per heavy atom. The molecule has 0 radical (unpaired) electrons. The molecule has 1 rings (SSSR count). The molecule has 1 saturated heterocycles. The van der Waals surface area contributed by atoms with Crippen LogP contribution in [0.2, 0.25) is 0 Å². The van der Waals surface area contributed by atoms with Gasteiger partial charge in [-0.1, -0.05) is 65.2 Å². The summed E-state index contributed by atoms with van der Waals surface area (Å²) in [5.41, 5.74) is -0.187. The standard InChI is InChI=1S/C17H32O4/c1-3-4-5-6-7-8-9-10-11-12-19-13-17(2)14-20-16(18)21-15-17/h3-15H2,1-2H3. The van der Waals surface area contributed by atoms with Crippen LogP contribution in [-0.4, -0.2) is 32.6 Å². The Balaban J connectivity index is 1.85. The largest absolute Gasteiger partial charge is 0.508 e. The van der Waals surface area contributed by atoms with Crippen LogP contribution in [0.1, 0.15) is 71.6 Å². The van der Waals surface area contributed by atoms with E-state index in [4.69, 9.17) is 14.2 Å². The molecular weight excluding hydrogens is 268 g/mol. The maximum Gasteiger partial charge on any atom is 0.508 e. The monoisotopic (exact) mass is 300 g/mol. The molecule has 21 heavy (non-hydrogen) atoms. The van der Waals surface area contributed by atoms with Crippen LogP contribution >= 0.6 is 0 Å². The van der Waals surface area contributed by atoms with Crippen LogP contribution in [0.4, 0.5) is 4.79 Å². The van der Waals surface area contributed by atoms with Crippen LogP contribution in [0.5, 0.6) is 0 Å². The van der Waals surface area contributed by atoms with Gasteiger partial charge in [-0.15, -0.1) is 0 Å².